The fourth-order valence-corrected chi connectivity index (χ4v) is 1.85. The number of hydrogen-bond donors (Lipinski definition) is 1. The Kier molecular flexibility index (Phi) is 6.32. The summed E-state index contributed by atoms with van der Waals surface area (Å²) in [6, 6.07) is 0. The Hall–Kier alpha value is -0.960. The van der Waals surface area contributed by atoms with E-state index in [9.17, 15) is 13.2 Å². The summed E-state index contributed by atoms with van der Waals surface area (Å²) in [5, 5.41) is 1.19. The molecule has 0 aromatic rings. The molecule has 0 fully saturated rings. The lowest BCUT2D eigenvalue weighted by Gasteiger charge is -2.26. The highest BCUT2D eigenvalue weighted by molar-refractivity contribution is 7.84. The van der Waals surface area contributed by atoms with Crippen LogP contribution >= 0.6 is 0 Å². The fraction of sp³-hybridized carbons (Fsp3) is 0.667. The summed E-state index contributed by atoms with van der Waals surface area (Å²) in [6.45, 7) is 6.72. The van der Waals surface area contributed by atoms with Crippen molar-refractivity contribution < 1.29 is 17.4 Å². The molecule has 0 unspecified atom stereocenters. The highest BCUT2D eigenvalue weighted by Gasteiger charge is 2.27. The molecule has 0 bridgehead atoms. The van der Waals surface area contributed by atoms with E-state index in [1.54, 1.807) is 6.92 Å². The van der Waals surface area contributed by atoms with Crippen molar-refractivity contribution in [1.82, 2.24) is 15.0 Å². The van der Waals surface area contributed by atoms with Gasteiger partial charge in [-0.25, -0.2) is 5.01 Å². The zero-order valence-corrected chi connectivity index (χ0v) is 11.4. The zero-order chi connectivity index (χ0) is 13.6. The molecule has 8 heteroatoms. The number of amides is 1. The molecule has 0 heterocycles. The van der Waals surface area contributed by atoms with Gasteiger partial charge in [-0.05, 0) is 17.9 Å². The summed E-state index contributed by atoms with van der Waals surface area (Å²) < 4.78 is 28.7. The van der Waals surface area contributed by atoms with Gasteiger partial charge in [-0.2, -0.15) is 8.42 Å². The van der Waals surface area contributed by atoms with Crippen molar-refractivity contribution >= 4 is 16.2 Å². The van der Waals surface area contributed by atoms with Crippen molar-refractivity contribution in [3.05, 3.63) is 12.2 Å². The van der Waals surface area contributed by atoms with Gasteiger partial charge in [0, 0.05) is 19.7 Å². The van der Waals surface area contributed by atoms with E-state index in [0.29, 0.717) is 10.9 Å². The summed E-state index contributed by atoms with van der Waals surface area (Å²) in [4.78, 5) is 11.4. The molecule has 0 aromatic heterocycles. The smallest absolute Gasteiger partial charge is 0.268 e. The minimum absolute atomic E-state index is 0.0512. The molecule has 0 aliphatic rings. The summed E-state index contributed by atoms with van der Waals surface area (Å²) in [5.41, 5.74) is 2.37. The average molecular weight is 265 g/mol. The Morgan fingerprint density at radius 3 is 2.29 bits per heavy atom. The van der Waals surface area contributed by atoms with Crippen LogP contribution in [-0.2, 0) is 19.3 Å². The van der Waals surface area contributed by atoms with Crippen molar-refractivity contribution in [2.24, 2.45) is 0 Å². The van der Waals surface area contributed by atoms with E-state index in [2.05, 4.69) is 12.0 Å². The zero-order valence-electron chi connectivity index (χ0n) is 10.6. The number of nitrogens with one attached hydrogen (secondary N) is 1. The number of hydrogen-bond acceptors (Lipinski definition) is 5. The third-order valence-corrected chi connectivity index (χ3v) is 2.90. The molecule has 0 saturated carbocycles. The fourth-order valence-electron chi connectivity index (χ4n) is 0.777. The van der Waals surface area contributed by atoms with Gasteiger partial charge in [0.15, 0.2) is 0 Å². The average Bonchev–Trinajstić information content (AvgIpc) is 2.21. The Bertz CT molecular complexity index is 378. The van der Waals surface area contributed by atoms with Gasteiger partial charge in [0.05, 0.1) is 6.61 Å². The molecule has 1 amide bonds. The van der Waals surface area contributed by atoms with E-state index in [4.69, 9.17) is 4.18 Å². The molecule has 0 radical (unpaired) electrons. The van der Waals surface area contributed by atoms with Crippen molar-refractivity contribution in [2.75, 3.05) is 20.7 Å². The summed E-state index contributed by atoms with van der Waals surface area (Å²) >= 11 is 0. The minimum Gasteiger partial charge on any atom is -0.268 e. The quantitative estimate of drug-likeness (QED) is 0.519. The van der Waals surface area contributed by atoms with Crippen LogP contribution in [0.4, 0.5) is 0 Å². The van der Waals surface area contributed by atoms with Crippen LogP contribution < -0.4 is 5.43 Å². The number of carbonyl (C=O) groups excluding carboxylic acids is 1. The minimum atomic E-state index is -4.03. The number of nitrogens with zero attached hydrogens (tertiary/aromatic N) is 2. The topological polar surface area (TPSA) is 79.0 Å². The molecule has 0 atom stereocenters. The molecule has 0 spiro atoms. The monoisotopic (exact) mass is 265 g/mol. The Morgan fingerprint density at radius 1 is 1.41 bits per heavy atom. The largest absolute Gasteiger partial charge is 0.369 e. The van der Waals surface area contributed by atoms with Crippen LogP contribution in [0.1, 0.15) is 20.3 Å². The first-order valence-corrected chi connectivity index (χ1v) is 6.42. The lowest BCUT2D eigenvalue weighted by atomic mass is 10.3. The van der Waals surface area contributed by atoms with Crippen molar-refractivity contribution in [1.29, 1.82) is 0 Å². The van der Waals surface area contributed by atoms with E-state index in [1.165, 1.54) is 26.0 Å². The van der Waals surface area contributed by atoms with E-state index in [0.717, 1.165) is 0 Å². The van der Waals surface area contributed by atoms with Crippen molar-refractivity contribution in [3.8, 4) is 0 Å². The summed E-state index contributed by atoms with van der Waals surface area (Å²) in [6.07, 6.45) is 0.551. The Morgan fingerprint density at radius 2 is 1.94 bits per heavy atom. The van der Waals surface area contributed by atoms with E-state index >= 15 is 0 Å². The molecule has 1 N–H and O–H groups in total. The first-order valence-electron chi connectivity index (χ1n) is 5.05. The van der Waals surface area contributed by atoms with Gasteiger partial charge < -0.3 is 0 Å². The van der Waals surface area contributed by atoms with Gasteiger partial charge in [-0.1, -0.05) is 13.5 Å². The Labute approximate surface area is 102 Å². The number of rotatable bonds is 7. The lowest BCUT2D eigenvalue weighted by Crippen LogP contribution is -2.53. The van der Waals surface area contributed by atoms with Crippen LogP contribution in [0, 0.1) is 0 Å². The molecule has 17 heavy (non-hydrogen) atoms. The molecule has 100 valence electrons. The van der Waals surface area contributed by atoms with Gasteiger partial charge in [-0.3, -0.25) is 14.4 Å². The van der Waals surface area contributed by atoms with Gasteiger partial charge in [0.2, 0.25) is 0 Å². The van der Waals surface area contributed by atoms with Crippen LogP contribution in [0.15, 0.2) is 12.2 Å². The van der Waals surface area contributed by atoms with Crippen LogP contribution in [0.5, 0.6) is 0 Å². The predicted octanol–water partition coefficient (Wildman–Crippen LogP) is 0.0437. The van der Waals surface area contributed by atoms with E-state index in [1.807, 2.05) is 0 Å². The number of hydrazine groups is 2. The van der Waals surface area contributed by atoms with Gasteiger partial charge in [0.1, 0.15) is 0 Å². The lowest BCUT2D eigenvalue weighted by molar-refractivity contribution is -0.124. The first kappa shape index (κ1) is 16.0. The van der Waals surface area contributed by atoms with Crippen molar-refractivity contribution in [2.45, 2.75) is 20.3 Å². The van der Waals surface area contributed by atoms with Gasteiger partial charge in [0.25, 0.3) is 5.91 Å². The third kappa shape index (κ3) is 5.26. The van der Waals surface area contributed by atoms with Gasteiger partial charge >= 0.3 is 10.3 Å². The second-order valence-corrected chi connectivity index (χ2v) is 5.03. The maximum Gasteiger partial charge on any atom is 0.369 e. The molecule has 0 aliphatic carbocycles. The first-order chi connectivity index (χ1) is 7.72. The van der Waals surface area contributed by atoms with E-state index < -0.39 is 16.2 Å². The maximum absolute atomic E-state index is 11.7. The van der Waals surface area contributed by atoms with Crippen LogP contribution in [0.2, 0.25) is 0 Å². The highest BCUT2D eigenvalue weighted by Crippen LogP contribution is 2.03. The normalized spacial score (nSPS) is 11.9. The number of carbonyl (C=O) groups is 1. The molecular formula is C9H19N3O4S. The predicted molar refractivity (Wildman–Crippen MR) is 63.6 cm³/mol. The van der Waals surface area contributed by atoms with Crippen molar-refractivity contribution in [3.63, 3.8) is 0 Å². The standard InChI is InChI=1S/C9H19N3O4S/c1-6-7-16-17(14,15)12(11(4)5)10-9(13)8(2)3/h2,6-7H2,1,3-5H3,(H,10,13). The Balaban J connectivity index is 4.86. The molecule has 0 rings (SSSR count). The summed E-state index contributed by atoms with van der Waals surface area (Å²) in [7, 11) is -1.10. The van der Waals surface area contributed by atoms with E-state index in [-0.39, 0.29) is 12.2 Å². The summed E-state index contributed by atoms with van der Waals surface area (Å²) in [5.74, 6) is -0.595. The third-order valence-electron chi connectivity index (χ3n) is 1.60. The highest BCUT2D eigenvalue weighted by atomic mass is 32.2. The second-order valence-electron chi connectivity index (χ2n) is 3.59. The van der Waals surface area contributed by atoms with Gasteiger partial charge in [-0.15, -0.1) is 0 Å². The van der Waals surface area contributed by atoms with Crippen LogP contribution in [-0.4, -0.2) is 44.6 Å². The van der Waals surface area contributed by atoms with Crippen LogP contribution in [0.25, 0.3) is 0 Å². The molecule has 7 nitrogen and oxygen atoms in total. The molecule has 0 aromatic carbocycles. The maximum atomic E-state index is 11.7. The molecule has 0 aliphatic heterocycles. The molecular weight excluding hydrogens is 246 g/mol. The SMILES string of the molecule is C=C(C)C(=O)NN(N(C)C)S(=O)(=O)OCCC. The molecule has 0 saturated heterocycles. The second kappa shape index (κ2) is 6.70. The van der Waals surface area contributed by atoms with Crippen LogP contribution in [0.3, 0.4) is 0 Å².